The first-order valence-electron chi connectivity index (χ1n) is 6.82. The molecule has 0 saturated heterocycles. The van der Waals surface area contributed by atoms with Gasteiger partial charge in [0.25, 0.3) is 11.7 Å². The molecule has 8 heteroatoms. The largest absolute Gasteiger partial charge is 0.321 e. The number of nitrogens with zero attached hydrogens (tertiary/aromatic N) is 1. The lowest BCUT2D eigenvalue weighted by molar-refractivity contribution is -0.112. The monoisotopic (exact) mass is 426 g/mol. The van der Waals surface area contributed by atoms with Gasteiger partial charge in [0.15, 0.2) is 0 Å². The molecule has 2 aromatic rings. The van der Waals surface area contributed by atoms with Gasteiger partial charge in [-0.05, 0) is 48.5 Å². The minimum atomic E-state index is -2.53. The number of anilines is 1. The zero-order chi connectivity index (χ0) is 18.4. The number of hydrogen-bond donors (Lipinski definition) is 1. The molecule has 2 aromatic carbocycles. The molecule has 0 aliphatic carbocycles. The number of rotatable bonds is 5. The summed E-state index contributed by atoms with van der Waals surface area (Å²) in [7, 11) is 0. The average molecular weight is 427 g/mol. The highest BCUT2D eigenvalue weighted by atomic mass is 79.9. The number of carbonyl (C=O) groups excluding carboxylic acids is 1. The molecule has 25 heavy (non-hydrogen) atoms. The van der Waals surface area contributed by atoms with E-state index in [9.17, 15) is 18.0 Å². The van der Waals surface area contributed by atoms with Gasteiger partial charge < -0.3 is 5.32 Å². The zero-order valence-corrected chi connectivity index (χ0v) is 14.9. The van der Waals surface area contributed by atoms with Crippen molar-refractivity contribution in [3.05, 3.63) is 63.9 Å². The number of amides is 1. The Labute approximate surface area is 154 Å². The fourth-order valence-corrected chi connectivity index (χ4v) is 2.73. The first-order chi connectivity index (χ1) is 11.9. The fraction of sp³-hybridized carbons (Fsp3) is 0.0588. The maximum absolute atomic E-state index is 13.7. The second kappa shape index (κ2) is 8.74. The third kappa shape index (κ3) is 5.66. The van der Waals surface area contributed by atoms with Gasteiger partial charge in [-0.2, -0.15) is 14.0 Å². The Balaban J connectivity index is 2.16. The Kier molecular flexibility index (Phi) is 6.67. The van der Waals surface area contributed by atoms with Crippen molar-refractivity contribution < 1.29 is 18.0 Å². The molecule has 1 amide bonds. The third-order valence-corrected chi connectivity index (χ3v) is 4.18. The van der Waals surface area contributed by atoms with E-state index in [1.54, 1.807) is 6.07 Å². The number of hydrogen-bond acceptors (Lipinski definition) is 3. The van der Waals surface area contributed by atoms with E-state index in [1.807, 2.05) is 0 Å². The summed E-state index contributed by atoms with van der Waals surface area (Å²) in [5, 5.41) is 11.6. The van der Waals surface area contributed by atoms with Crippen molar-refractivity contribution in [1.29, 1.82) is 5.26 Å². The molecule has 3 nitrogen and oxygen atoms in total. The molecule has 0 unspecified atom stereocenters. The quantitative estimate of drug-likeness (QED) is 0.392. The maximum atomic E-state index is 13.7. The molecule has 0 fully saturated rings. The van der Waals surface area contributed by atoms with Crippen LogP contribution < -0.4 is 5.32 Å². The van der Waals surface area contributed by atoms with Gasteiger partial charge in [-0.3, -0.25) is 4.79 Å². The van der Waals surface area contributed by atoms with Crippen molar-refractivity contribution in [3.63, 3.8) is 0 Å². The Hall–Kier alpha value is -2.24. The van der Waals surface area contributed by atoms with Gasteiger partial charge in [0.05, 0.1) is 0 Å². The minimum absolute atomic E-state index is 0.0877. The smallest absolute Gasteiger partial charge is 0.288 e. The second-order valence-electron chi connectivity index (χ2n) is 4.69. The predicted molar refractivity (Wildman–Crippen MR) is 94.6 cm³/mol. The van der Waals surface area contributed by atoms with Crippen molar-refractivity contribution in [1.82, 2.24) is 0 Å². The summed E-state index contributed by atoms with van der Waals surface area (Å²) in [4.78, 5) is 12.5. The number of thioether (sulfide) groups is 1. The minimum Gasteiger partial charge on any atom is -0.321 e. The fourth-order valence-electron chi connectivity index (χ4n) is 1.85. The molecule has 128 valence electrons. The SMILES string of the molecule is N#C/C(=C\c1cc(Br)ccc1F)C(=O)Nc1ccc(SC(F)F)cc1. The molecule has 2 rings (SSSR count). The zero-order valence-electron chi connectivity index (χ0n) is 12.5. The van der Waals surface area contributed by atoms with E-state index in [-0.39, 0.29) is 11.1 Å². The van der Waals surface area contributed by atoms with E-state index in [2.05, 4.69) is 21.2 Å². The van der Waals surface area contributed by atoms with Gasteiger partial charge in [-0.1, -0.05) is 27.7 Å². The maximum Gasteiger partial charge on any atom is 0.288 e. The molecule has 0 radical (unpaired) electrons. The number of benzene rings is 2. The highest BCUT2D eigenvalue weighted by Gasteiger charge is 2.12. The van der Waals surface area contributed by atoms with Crippen LogP contribution in [0.5, 0.6) is 0 Å². The van der Waals surface area contributed by atoms with Crippen molar-refractivity contribution >= 4 is 45.4 Å². The summed E-state index contributed by atoms with van der Waals surface area (Å²) in [5.41, 5.74) is 0.132. The molecule has 0 bridgehead atoms. The van der Waals surface area contributed by atoms with E-state index in [1.165, 1.54) is 42.5 Å². The van der Waals surface area contributed by atoms with Crippen LogP contribution in [0.2, 0.25) is 0 Å². The number of nitrogens with one attached hydrogen (secondary N) is 1. The van der Waals surface area contributed by atoms with Gasteiger partial charge in [-0.25, -0.2) is 4.39 Å². The first kappa shape index (κ1) is 19.1. The van der Waals surface area contributed by atoms with Crippen molar-refractivity contribution in [3.8, 4) is 6.07 Å². The van der Waals surface area contributed by atoms with E-state index >= 15 is 0 Å². The molecular weight excluding hydrogens is 417 g/mol. The number of carbonyl (C=O) groups is 1. The summed E-state index contributed by atoms with van der Waals surface area (Å²) in [6.07, 6.45) is 1.14. The van der Waals surface area contributed by atoms with Gasteiger partial charge in [-0.15, -0.1) is 0 Å². The van der Waals surface area contributed by atoms with E-state index in [4.69, 9.17) is 5.26 Å². The predicted octanol–water partition coefficient (Wildman–Crippen LogP) is 5.45. The van der Waals surface area contributed by atoms with Crippen LogP contribution in [0, 0.1) is 17.1 Å². The van der Waals surface area contributed by atoms with Gasteiger partial charge in [0.2, 0.25) is 0 Å². The number of halogens is 4. The molecule has 0 spiro atoms. The van der Waals surface area contributed by atoms with Crippen LogP contribution in [0.3, 0.4) is 0 Å². The Morgan fingerprint density at radius 3 is 2.52 bits per heavy atom. The summed E-state index contributed by atoms with van der Waals surface area (Å²) >= 11 is 3.57. The number of alkyl halides is 2. The summed E-state index contributed by atoms with van der Waals surface area (Å²) in [6, 6.07) is 11.6. The molecule has 0 heterocycles. The lowest BCUT2D eigenvalue weighted by Gasteiger charge is -2.06. The number of nitriles is 1. The average Bonchev–Trinajstić information content (AvgIpc) is 2.56. The van der Waals surface area contributed by atoms with Gasteiger partial charge >= 0.3 is 0 Å². The van der Waals surface area contributed by atoms with Crippen LogP contribution in [0.4, 0.5) is 18.9 Å². The van der Waals surface area contributed by atoms with Crippen LogP contribution >= 0.6 is 27.7 Å². The van der Waals surface area contributed by atoms with Crippen LogP contribution in [-0.2, 0) is 4.79 Å². The van der Waals surface area contributed by atoms with E-state index in [0.717, 1.165) is 6.08 Å². The lowest BCUT2D eigenvalue weighted by atomic mass is 10.1. The van der Waals surface area contributed by atoms with Gasteiger partial charge in [0, 0.05) is 20.6 Å². The molecule has 0 aliphatic rings. The molecule has 0 saturated carbocycles. The van der Waals surface area contributed by atoms with Crippen LogP contribution in [-0.4, -0.2) is 11.7 Å². The van der Waals surface area contributed by atoms with Crippen LogP contribution in [0.25, 0.3) is 6.08 Å². The topological polar surface area (TPSA) is 52.9 Å². The van der Waals surface area contributed by atoms with E-state index < -0.39 is 17.5 Å². The molecule has 0 aromatic heterocycles. The Morgan fingerprint density at radius 2 is 1.92 bits per heavy atom. The Morgan fingerprint density at radius 1 is 1.24 bits per heavy atom. The lowest BCUT2D eigenvalue weighted by Crippen LogP contribution is -2.13. The first-order valence-corrected chi connectivity index (χ1v) is 8.49. The van der Waals surface area contributed by atoms with Crippen molar-refractivity contribution in [2.24, 2.45) is 0 Å². The molecular formula is C17H10BrF3N2OS. The molecule has 0 atom stereocenters. The van der Waals surface area contributed by atoms with Crippen molar-refractivity contribution in [2.75, 3.05) is 5.32 Å². The van der Waals surface area contributed by atoms with Crippen LogP contribution in [0.1, 0.15) is 5.56 Å². The molecule has 1 N–H and O–H groups in total. The molecule has 0 aliphatic heterocycles. The standard InChI is InChI=1S/C17H10BrF3N2OS/c18-12-1-6-15(19)10(8-12)7-11(9-22)16(24)23-13-2-4-14(5-3-13)25-17(20)21/h1-8,17H,(H,23,24)/b11-7+. The Bertz CT molecular complexity index is 848. The normalized spacial score (nSPS) is 11.3. The second-order valence-corrected chi connectivity index (χ2v) is 6.67. The third-order valence-electron chi connectivity index (χ3n) is 2.96. The highest BCUT2D eigenvalue weighted by molar-refractivity contribution is 9.10. The summed E-state index contributed by atoms with van der Waals surface area (Å²) in [6.45, 7) is 0. The van der Waals surface area contributed by atoms with Crippen LogP contribution in [0.15, 0.2) is 57.4 Å². The summed E-state index contributed by atoms with van der Waals surface area (Å²) < 4.78 is 38.9. The van der Waals surface area contributed by atoms with Gasteiger partial charge in [0.1, 0.15) is 17.5 Å². The van der Waals surface area contributed by atoms with Crippen molar-refractivity contribution in [2.45, 2.75) is 10.7 Å². The highest BCUT2D eigenvalue weighted by Crippen LogP contribution is 2.26. The summed E-state index contributed by atoms with van der Waals surface area (Å²) in [5.74, 6) is -3.83. The van der Waals surface area contributed by atoms with E-state index in [0.29, 0.717) is 26.8 Å².